The molecule has 1 N–H and O–H groups in total. The highest BCUT2D eigenvalue weighted by Gasteiger charge is 2.29. The molecule has 1 aliphatic carbocycles. The van der Waals surface area contributed by atoms with Crippen LogP contribution in [0.15, 0.2) is 23.2 Å². The maximum Gasteiger partial charge on any atom is 0.253 e. The number of amides is 2. The number of nitrogens with one attached hydrogen (secondary N) is 1. The molecule has 1 heterocycles. The van der Waals surface area contributed by atoms with Gasteiger partial charge in [0.25, 0.3) is 5.91 Å². The molecule has 0 aromatic heterocycles. The van der Waals surface area contributed by atoms with Crippen molar-refractivity contribution in [3.05, 3.63) is 34.3 Å². The van der Waals surface area contributed by atoms with Crippen LogP contribution in [0.2, 0.25) is 0 Å². The molecule has 0 radical (unpaired) electrons. The van der Waals surface area contributed by atoms with Crippen molar-refractivity contribution in [2.24, 2.45) is 16.8 Å². The van der Waals surface area contributed by atoms with E-state index in [4.69, 9.17) is 0 Å². The number of hydrogen-bond donors (Lipinski definition) is 1. The molecule has 1 fully saturated rings. The Hall–Kier alpha value is -1.97. The molecular weight excluding hydrogens is 252 g/mol. The highest BCUT2D eigenvalue weighted by Crippen LogP contribution is 2.28. The molecule has 4 heteroatoms. The van der Waals surface area contributed by atoms with Gasteiger partial charge in [-0.3, -0.25) is 9.59 Å². The zero-order valence-corrected chi connectivity index (χ0v) is 11.6. The Morgan fingerprint density at radius 3 is 2.95 bits per heavy atom. The summed E-state index contributed by atoms with van der Waals surface area (Å²) >= 11 is 0. The van der Waals surface area contributed by atoms with Crippen molar-refractivity contribution in [2.75, 3.05) is 6.54 Å². The zero-order valence-electron chi connectivity index (χ0n) is 11.6. The lowest BCUT2D eigenvalue weighted by Crippen LogP contribution is -2.35. The molecule has 104 valence electrons. The summed E-state index contributed by atoms with van der Waals surface area (Å²) in [6.45, 7) is 2.53. The average Bonchev–Trinajstić information content (AvgIpc) is 3.23. The molecule has 0 bridgehead atoms. The predicted molar refractivity (Wildman–Crippen MR) is 75.3 cm³/mol. The fraction of sp³-hybridized carbons (Fsp3) is 0.438. The minimum atomic E-state index is -0.218. The molecule has 1 aliphatic heterocycles. The first-order valence-corrected chi connectivity index (χ1v) is 7.12. The number of carbonyl (C=O) groups is 2. The van der Waals surface area contributed by atoms with E-state index in [2.05, 4.69) is 10.3 Å². The van der Waals surface area contributed by atoms with E-state index in [1.54, 1.807) is 0 Å². The van der Waals surface area contributed by atoms with Crippen molar-refractivity contribution in [3.63, 3.8) is 0 Å². The highest BCUT2D eigenvalue weighted by atomic mass is 16.2. The Morgan fingerprint density at radius 2 is 2.20 bits per heavy atom. The molecule has 1 aromatic rings. The summed E-state index contributed by atoms with van der Waals surface area (Å²) in [4.78, 5) is 27.7. The maximum atomic E-state index is 12.0. The molecule has 4 nitrogen and oxygen atoms in total. The third kappa shape index (κ3) is 2.79. The van der Waals surface area contributed by atoms with Crippen molar-refractivity contribution in [1.29, 1.82) is 0 Å². The lowest BCUT2D eigenvalue weighted by atomic mass is 10.00. The number of carbonyl (C=O) groups excluding carboxylic acids is 2. The summed E-state index contributed by atoms with van der Waals surface area (Å²) in [5.41, 5.74) is 1.10. The van der Waals surface area contributed by atoms with Crippen LogP contribution in [0.5, 0.6) is 0 Å². The molecule has 1 aromatic carbocycles. The van der Waals surface area contributed by atoms with Gasteiger partial charge < -0.3 is 5.32 Å². The fourth-order valence-corrected chi connectivity index (χ4v) is 2.43. The lowest BCUT2D eigenvalue weighted by molar-refractivity contribution is -0.123. The van der Waals surface area contributed by atoms with Crippen LogP contribution in [-0.2, 0) is 9.59 Å². The largest absolute Gasteiger partial charge is 0.356 e. The number of aryl methyl sites for hydroxylation is 1. The number of rotatable bonds is 4. The van der Waals surface area contributed by atoms with Crippen LogP contribution in [0, 0.1) is 18.8 Å². The summed E-state index contributed by atoms with van der Waals surface area (Å²) in [6.07, 6.45) is 4.59. The zero-order chi connectivity index (χ0) is 14.1. The standard InChI is InChI=1S/C16H18N2O2/c1-10-2-3-12-9-13(16(20)18-14(12)8-10)6-7-17-15(19)11-4-5-11/h2-3,8-9,11,13H,4-7H2,1H3,(H,17,19). The van der Waals surface area contributed by atoms with E-state index in [0.717, 1.165) is 29.0 Å². The first-order chi connectivity index (χ1) is 9.63. The molecule has 2 amide bonds. The van der Waals surface area contributed by atoms with Gasteiger partial charge in [-0.05, 0) is 43.0 Å². The van der Waals surface area contributed by atoms with E-state index in [0.29, 0.717) is 13.0 Å². The van der Waals surface area contributed by atoms with Gasteiger partial charge in [-0.2, -0.15) is 0 Å². The highest BCUT2D eigenvalue weighted by molar-refractivity contribution is 5.86. The van der Waals surface area contributed by atoms with Gasteiger partial charge in [0.1, 0.15) is 0 Å². The molecule has 1 unspecified atom stereocenters. The molecule has 1 saturated carbocycles. The Bertz CT molecular complexity index is 674. The normalized spacial score (nSPS) is 20.6. The summed E-state index contributed by atoms with van der Waals surface area (Å²) in [7, 11) is 0. The minimum Gasteiger partial charge on any atom is -0.356 e. The van der Waals surface area contributed by atoms with Crippen LogP contribution >= 0.6 is 0 Å². The van der Waals surface area contributed by atoms with Gasteiger partial charge in [-0.15, -0.1) is 0 Å². The summed E-state index contributed by atoms with van der Waals surface area (Å²) < 4.78 is 0. The van der Waals surface area contributed by atoms with E-state index < -0.39 is 0 Å². The maximum absolute atomic E-state index is 12.0. The Balaban J connectivity index is 1.67. The van der Waals surface area contributed by atoms with E-state index >= 15 is 0 Å². The van der Waals surface area contributed by atoms with Crippen molar-refractivity contribution in [3.8, 4) is 0 Å². The second-order valence-electron chi connectivity index (χ2n) is 5.64. The number of benzene rings is 1. The van der Waals surface area contributed by atoms with Crippen LogP contribution in [-0.4, -0.2) is 18.4 Å². The van der Waals surface area contributed by atoms with Gasteiger partial charge in [0.15, 0.2) is 0 Å². The third-order valence-corrected chi connectivity index (χ3v) is 3.82. The summed E-state index contributed by atoms with van der Waals surface area (Å²) in [5, 5.41) is 4.66. The molecule has 0 saturated heterocycles. The average molecular weight is 270 g/mol. The molecular formula is C16H18N2O2. The van der Waals surface area contributed by atoms with Crippen molar-refractivity contribution in [1.82, 2.24) is 5.32 Å². The smallest absolute Gasteiger partial charge is 0.253 e. The minimum absolute atomic E-state index is 0.108. The van der Waals surface area contributed by atoms with Gasteiger partial charge in [-0.1, -0.05) is 18.2 Å². The van der Waals surface area contributed by atoms with Crippen molar-refractivity contribution < 1.29 is 9.59 Å². The monoisotopic (exact) mass is 270 g/mol. The molecule has 20 heavy (non-hydrogen) atoms. The van der Waals surface area contributed by atoms with E-state index in [1.807, 2.05) is 31.2 Å². The Morgan fingerprint density at radius 1 is 1.40 bits per heavy atom. The van der Waals surface area contributed by atoms with Gasteiger partial charge in [0, 0.05) is 12.5 Å². The Labute approximate surface area is 117 Å². The second-order valence-corrected chi connectivity index (χ2v) is 5.64. The second kappa shape index (κ2) is 5.19. The summed E-state index contributed by atoms with van der Waals surface area (Å²) in [5.74, 6) is 0.0177. The molecule has 2 aliphatic rings. The lowest BCUT2D eigenvalue weighted by Gasteiger charge is -2.12. The van der Waals surface area contributed by atoms with Gasteiger partial charge >= 0.3 is 0 Å². The van der Waals surface area contributed by atoms with E-state index in [-0.39, 0.29) is 23.7 Å². The fourth-order valence-electron chi connectivity index (χ4n) is 2.43. The predicted octanol–water partition coefficient (Wildman–Crippen LogP) is 0.468. The van der Waals surface area contributed by atoms with Crippen LogP contribution in [0.1, 0.15) is 24.8 Å². The Kier molecular flexibility index (Phi) is 3.38. The topological polar surface area (TPSA) is 58.5 Å². The summed E-state index contributed by atoms with van der Waals surface area (Å²) in [6, 6.07) is 5.94. The molecule has 3 rings (SSSR count). The van der Waals surface area contributed by atoms with Gasteiger partial charge in [0.05, 0.1) is 11.3 Å². The van der Waals surface area contributed by atoms with Crippen molar-refractivity contribution in [2.45, 2.75) is 26.2 Å². The van der Waals surface area contributed by atoms with Gasteiger partial charge in [-0.25, -0.2) is 4.99 Å². The quantitative estimate of drug-likeness (QED) is 0.864. The molecule has 0 spiro atoms. The number of nitrogens with zero attached hydrogens (tertiary/aromatic N) is 1. The first kappa shape index (κ1) is 13.0. The van der Waals surface area contributed by atoms with Crippen LogP contribution in [0.25, 0.3) is 6.08 Å². The van der Waals surface area contributed by atoms with Gasteiger partial charge in [0.2, 0.25) is 5.91 Å². The van der Waals surface area contributed by atoms with Crippen LogP contribution in [0.3, 0.4) is 0 Å². The molecule has 1 atom stereocenters. The van der Waals surface area contributed by atoms with Crippen molar-refractivity contribution >= 4 is 17.9 Å². The van der Waals surface area contributed by atoms with E-state index in [9.17, 15) is 9.59 Å². The first-order valence-electron chi connectivity index (χ1n) is 7.12. The number of hydrogen-bond acceptors (Lipinski definition) is 2. The van der Waals surface area contributed by atoms with E-state index in [1.165, 1.54) is 0 Å². The third-order valence-electron chi connectivity index (χ3n) is 3.82. The van der Waals surface area contributed by atoms with Crippen LogP contribution < -0.4 is 15.9 Å². The van der Waals surface area contributed by atoms with Crippen LogP contribution in [0.4, 0.5) is 0 Å². The number of fused-ring (bicyclic) bond motifs is 1. The SMILES string of the molecule is Cc1ccc2c(c1)=NC(=O)C(CCNC(=O)C1CC1)C=2.